The number of halogens is 2. The van der Waals surface area contributed by atoms with Crippen LogP contribution in [0.15, 0.2) is 17.3 Å². The van der Waals surface area contributed by atoms with E-state index in [2.05, 4.69) is 9.97 Å². The van der Waals surface area contributed by atoms with E-state index in [1.165, 1.54) is 0 Å². The van der Waals surface area contributed by atoms with Crippen molar-refractivity contribution < 1.29 is 22.3 Å². The van der Waals surface area contributed by atoms with Gasteiger partial charge in [-0.25, -0.2) is 27.2 Å². The van der Waals surface area contributed by atoms with Crippen molar-refractivity contribution in [2.45, 2.75) is 11.3 Å². The van der Waals surface area contributed by atoms with E-state index in [1.807, 2.05) is 0 Å². The molecule has 0 saturated heterocycles. The molecule has 0 aliphatic heterocycles. The number of nitrogens with zero attached hydrogens (tertiary/aromatic N) is 3. The molecule has 0 atom stereocenters. The number of hydrogen-bond acceptors (Lipinski definition) is 6. The Balaban J connectivity index is 3.04. The molecule has 18 heavy (non-hydrogen) atoms. The Kier molecular flexibility index (Phi) is 4.87. The van der Waals surface area contributed by atoms with Gasteiger partial charge >= 0.3 is 0 Å². The third kappa shape index (κ3) is 3.55. The highest BCUT2D eigenvalue weighted by molar-refractivity contribution is 7.89. The molecule has 0 bridgehead atoms. The fourth-order valence-corrected chi connectivity index (χ4v) is 2.48. The summed E-state index contributed by atoms with van der Waals surface area (Å²) in [4.78, 5) is 6.60. The lowest BCUT2D eigenvalue weighted by molar-refractivity contribution is 0.113. The van der Waals surface area contributed by atoms with Gasteiger partial charge in [0, 0.05) is 6.54 Å². The van der Waals surface area contributed by atoms with Crippen LogP contribution < -0.4 is 5.73 Å². The Morgan fingerprint density at radius 1 is 1.39 bits per heavy atom. The molecule has 0 saturated carbocycles. The van der Waals surface area contributed by atoms with E-state index in [9.17, 15) is 17.2 Å². The quantitative estimate of drug-likeness (QED) is 0.714. The second-order valence-corrected chi connectivity index (χ2v) is 5.19. The van der Waals surface area contributed by atoms with Crippen LogP contribution in [0.5, 0.6) is 0 Å². The average Bonchev–Trinajstić information content (AvgIpc) is 2.28. The fraction of sp³-hybridized carbons (Fsp3) is 0.500. The predicted octanol–water partition coefficient (Wildman–Crippen LogP) is -0.693. The average molecular weight is 282 g/mol. The van der Waals surface area contributed by atoms with Crippen LogP contribution in [0.4, 0.5) is 14.7 Å². The molecule has 102 valence electrons. The minimum Gasteiger partial charge on any atom is -0.395 e. The SMILES string of the molecule is Nc1ncc(S(=O)(=O)N(CCO)CC(F)F)cn1. The summed E-state index contributed by atoms with van der Waals surface area (Å²) in [7, 11) is -4.16. The number of hydrogen-bond donors (Lipinski definition) is 2. The Bertz CT molecular complexity index is 480. The van der Waals surface area contributed by atoms with Crippen LogP contribution in [-0.2, 0) is 10.0 Å². The molecule has 0 amide bonds. The van der Waals surface area contributed by atoms with Gasteiger partial charge in [-0.3, -0.25) is 0 Å². The first-order valence-electron chi connectivity index (χ1n) is 4.84. The highest BCUT2D eigenvalue weighted by atomic mass is 32.2. The third-order valence-corrected chi connectivity index (χ3v) is 3.79. The van der Waals surface area contributed by atoms with Crippen LogP contribution in [0, 0.1) is 0 Å². The van der Waals surface area contributed by atoms with Crippen molar-refractivity contribution >= 4 is 16.0 Å². The number of nitrogens with two attached hydrogens (primary N) is 1. The van der Waals surface area contributed by atoms with Crippen molar-refractivity contribution in [2.75, 3.05) is 25.4 Å². The van der Waals surface area contributed by atoms with E-state index in [4.69, 9.17) is 10.8 Å². The van der Waals surface area contributed by atoms with E-state index < -0.39 is 36.1 Å². The zero-order chi connectivity index (χ0) is 13.8. The summed E-state index contributed by atoms with van der Waals surface area (Å²) in [5, 5.41) is 8.70. The maximum Gasteiger partial charge on any atom is 0.252 e. The van der Waals surface area contributed by atoms with E-state index in [1.54, 1.807) is 0 Å². The van der Waals surface area contributed by atoms with Crippen LogP contribution in [0.25, 0.3) is 0 Å². The first-order chi connectivity index (χ1) is 8.37. The Hall–Kier alpha value is -1.39. The van der Waals surface area contributed by atoms with E-state index >= 15 is 0 Å². The molecule has 7 nitrogen and oxygen atoms in total. The van der Waals surface area contributed by atoms with Crippen LogP contribution >= 0.6 is 0 Å². The highest BCUT2D eigenvalue weighted by Gasteiger charge is 2.27. The number of anilines is 1. The van der Waals surface area contributed by atoms with Crippen molar-refractivity contribution in [3.05, 3.63) is 12.4 Å². The summed E-state index contributed by atoms with van der Waals surface area (Å²) in [5.74, 6) is -0.128. The monoisotopic (exact) mass is 282 g/mol. The van der Waals surface area contributed by atoms with Crippen molar-refractivity contribution in [3.8, 4) is 0 Å². The van der Waals surface area contributed by atoms with Gasteiger partial charge in [0.05, 0.1) is 25.5 Å². The molecule has 0 aliphatic rings. The van der Waals surface area contributed by atoms with Crippen molar-refractivity contribution in [1.29, 1.82) is 0 Å². The number of aromatic nitrogens is 2. The van der Waals surface area contributed by atoms with Crippen LogP contribution in [0.2, 0.25) is 0 Å². The van der Waals surface area contributed by atoms with Gasteiger partial charge in [0.2, 0.25) is 16.0 Å². The molecule has 0 aliphatic carbocycles. The zero-order valence-electron chi connectivity index (χ0n) is 9.20. The number of aliphatic hydroxyl groups is 1. The van der Waals surface area contributed by atoms with Gasteiger partial charge in [-0.05, 0) is 0 Å². The first kappa shape index (κ1) is 14.7. The predicted molar refractivity (Wildman–Crippen MR) is 58.3 cm³/mol. The fourth-order valence-electron chi connectivity index (χ4n) is 1.18. The smallest absolute Gasteiger partial charge is 0.252 e. The second-order valence-electron chi connectivity index (χ2n) is 3.25. The number of alkyl halides is 2. The zero-order valence-corrected chi connectivity index (χ0v) is 10.0. The van der Waals surface area contributed by atoms with Gasteiger partial charge in [-0.2, -0.15) is 4.31 Å². The van der Waals surface area contributed by atoms with Crippen molar-refractivity contribution in [2.24, 2.45) is 0 Å². The largest absolute Gasteiger partial charge is 0.395 e. The summed E-state index contributed by atoms with van der Waals surface area (Å²) in [6, 6.07) is 0. The summed E-state index contributed by atoms with van der Waals surface area (Å²) >= 11 is 0. The minimum atomic E-state index is -4.16. The maximum atomic E-state index is 12.3. The van der Waals surface area contributed by atoms with E-state index in [0.29, 0.717) is 4.31 Å². The molecule has 1 aromatic heterocycles. The van der Waals surface area contributed by atoms with Gasteiger partial charge in [0.25, 0.3) is 6.43 Å². The molecule has 0 radical (unpaired) electrons. The lowest BCUT2D eigenvalue weighted by Crippen LogP contribution is -2.37. The number of sulfonamides is 1. The molecule has 0 spiro atoms. The lowest BCUT2D eigenvalue weighted by Gasteiger charge is -2.20. The molecule has 0 aromatic carbocycles. The molecular formula is C8H12F2N4O3S. The van der Waals surface area contributed by atoms with Crippen LogP contribution in [-0.4, -0.2) is 53.9 Å². The van der Waals surface area contributed by atoms with Gasteiger partial charge in [-0.15, -0.1) is 0 Å². The molecule has 1 rings (SSSR count). The topological polar surface area (TPSA) is 109 Å². The van der Waals surface area contributed by atoms with Gasteiger partial charge in [-0.1, -0.05) is 0 Å². The molecule has 1 heterocycles. The molecule has 3 N–H and O–H groups in total. The Labute approximate surface area is 102 Å². The summed E-state index contributed by atoms with van der Waals surface area (Å²) in [6.07, 6.45) is -0.998. The minimum absolute atomic E-state index is 0.128. The highest BCUT2D eigenvalue weighted by Crippen LogP contribution is 2.15. The van der Waals surface area contributed by atoms with Crippen molar-refractivity contribution in [1.82, 2.24) is 14.3 Å². The molecular weight excluding hydrogens is 270 g/mol. The molecule has 1 aromatic rings. The summed E-state index contributed by atoms with van der Waals surface area (Å²) in [5.41, 5.74) is 5.19. The van der Waals surface area contributed by atoms with Gasteiger partial charge in [0.1, 0.15) is 4.90 Å². The molecule has 0 fully saturated rings. The van der Waals surface area contributed by atoms with Gasteiger partial charge < -0.3 is 10.8 Å². The Morgan fingerprint density at radius 2 is 1.94 bits per heavy atom. The lowest BCUT2D eigenvalue weighted by atomic mass is 10.6. The van der Waals surface area contributed by atoms with Gasteiger partial charge in [0.15, 0.2) is 0 Å². The second kappa shape index (κ2) is 5.98. The van der Waals surface area contributed by atoms with Crippen LogP contribution in [0.1, 0.15) is 0 Å². The van der Waals surface area contributed by atoms with E-state index in [-0.39, 0.29) is 10.8 Å². The summed E-state index contributed by atoms with van der Waals surface area (Å²) in [6.45, 7) is -2.01. The molecule has 0 unspecified atom stereocenters. The van der Waals surface area contributed by atoms with Crippen LogP contribution in [0.3, 0.4) is 0 Å². The number of nitrogen functional groups attached to an aromatic ring is 1. The van der Waals surface area contributed by atoms with E-state index in [0.717, 1.165) is 12.4 Å². The Morgan fingerprint density at radius 3 is 2.39 bits per heavy atom. The number of rotatable bonds is 6. The third-order valence-electron chi connectivity index (χ3n) is 1.98. The standard InChI is InChI=1S/C8H12F2N4O3S/c9-7(10)5-14(1-2-15)18(16,17)6-3-12-8(11)13-4-6/h3-4,7,15H,1-2,5H2,(H2,11,12,13). The van der Waals surface area contributed by atoms with Crippen molar-refractivity contribution in [3.63, 3.8) is 0 Å². The first-order valence-corrected chi connectivity index (χ1v) is 6.28. The molecule has 10 heteroatoms. The number of aliphatic hydroxyl groups excluding tert-OH is 1. The maximum absolute atomic E-state index is 12.3. The summed E-state index contributed by atoms with van der Waals surface area (Å²) < 4.78 is 48.9. The normalized spacial score (nSPS) is 12.3.